The minimum absolute atomic E-state index is 0.00954. The van der Waals surface area contributed by atoms with Gasteiger partial charge in [0.05, 0.1) is 31.3 Å². The first-order valence-corrected chi connectivity index (χ1v) is 10.3. The quantitative estimate of drug-likeness (QED) is 0.245. The maximum atomic E-state index is 12.7. The van der Waals surface area contributed by atoms with E-state index < -0.39 is 60.8 Å². The van der Waals surface area contributed by atoms with Crippen molar-refractivity contribution >= 4 is 23.9 Å². The number of rotatable bonds is 6. The van der Waals surface area contributed by atoms with E-state index in [0.717, 1.165) is 13.2 Å². The topological polar surface area (TPSA) is 146 Å². The van der Waals surface area contributed by atoms with Crippen molar-refractivity contribution in [3.8, 4) is 0 Å². The summed E-state index contributed by atoms with van der Waals surface area (Å²) in [5, 5.41) is 20.3. The number of aliphatic hydroxyl groups excluding tert-OH is 2. The fourth-order valence-corrected chi connectivity index (χ4v) is 3.55. The molecule has 0 aromatic carbocycles. The number of aliphatic hydroxyl groups is 2. The van der Waals surface area contributed by atoms with Gasteiger partial charge in [-0.3, -0.25) is 0 Å². The fourth-order valence-electron chi connectivity index (χ4n) is 3.55. The van der Waals surface area contributed by atoms with E-state index in [2.05, 4.69) is 19.7 Å². The van der Waals surface area contributed by atoms with Crippen LogP contribution in [0.1, 0.15) is 20.3 Å². The Morgan fingerprint density at radius 2 is 1.71 bits per heavy atom. The van der Waals surface area contributed by atoms with Crippen molar-refractivity contribution in [3.05, 3.63) is 59.8 Å². The lowest BCUT2D eigenvalue weighted by Gasteiger charge is -2.34. The number of carbonyl (C=O) groups is 4. The van der Waals surface area contributed by atoms with Crippen molar-refractivity contribution in [1.82, 2.24) is 0 Å². The molecule has 1 saturated heterocycles. The molecule has 1 aliphatic heterocycles. The van der Waals surface area contributed by atoms with Crippen molar-refractivity contribution in [3.63, 3.8) is 0 Å². The minimum atomic E-state index is -1.64. The van der Waals surface area contributed by atoms with Gasteiger partial charge in [0, 0.05) is 23.1 Å². The van der Waals surface area contributed by atoms with Crippen LogP contribution < -0.4 is 0 Å². The molecule has 0 radical (unpaired) electrons. The summed E-state index contributed by atoms with van der Waals surface area (Å²) in [6.07, 6.45) is -3.27. The van der Waals surface area contributed by atoms with Gasteiger partial charge < -0.3 is 29.2 Å². The van der Waals surface area contributed by atoms with Gasteiger partial charge in [-0.05, 0) is 31.6 Å². The minimum Gasteiger partial charge on any atom is -0.466 e. The first-order valence-electron chi connectivity index (χ1n) is 10.3. The largest absolute Gasteiger partial charge is 0.466 e. The molecule has 2 N–H and O–H groups in total. The molecule has 10 heteroatoms. The summed E-state index contributed by atoms with van der Waals surface area (Å²) in [5.41, 5.74) is -0.213. The Morgan fingerprint density at radius 3 is 2.24 bits per heavy atom. The molecule has 2 rings (SSSR count). The molecule has 1 aliphatic carbocycles. The molecular weight excluding hydrogens is 448 g/mol. The van der Waals surface area contributed by atoms with E-state index in [1.165, 1.54) is 19.9 Å². The molecule has 1 heterocycles. The molecule has 0 saturated carbocycles. The number of hydrogen-bond acceptors (Lipinski definition) is 10. The Kier molecular flexibility index (Phi) is 8.72. The summed E-state index contributed by atoms with van der Waals surface area (Å²) in [5.74, 6) is -4.75. The number of ether oxygens (including phenoxy) is 4. The van der Waals surface area contributed by atoms with Gasteiger partial charge in [-0.2, -0.15) is 0 Å². The summed E-state index contributed by atoms with van der Waals surface area (Å²) in [6.45, 7) is 13.0. The second-order valence-corrected chi connectivity index (χ2v) is 8.05. The fraction of sp³-hybridized carbons (Fsp3) is 0.417. The Balaban J connectivity index is 2.82. The molecule has 0 bridgehead atoms. The smallest absolute Gasteiger partial charge is 0.337 e. The van der Waals surface area contributed by atoms with Gasteiger partial charge in [0.1, 0.15) is 6.10 Å². The molecule has 0 aromatic rings. The Morgan fingerprint density at radius 1 is 1.12 bits per heavy atom. The SMILES string of the molecule is C=C(C)C(=O)OC1[C@H](OC(=O)C(=C)C)/C(C(=O)OC)=C\[C@H](O)C/C(CO)=C\[C@@H]2OC(=O)C(=C)[C@H]12. The zero-order chi connectivity index (χ0) is 25.7. The van der Waals surface area contributed by atoms with Crippen molar-refractivity contribution in [2.45, 2.75) is 44.7 Å². The summed E-state index contributed by atoms with van der Waals surface area (Å²) >= 11 is 0. The monoisotopic (exact) mass is 476 g/mol. The van der Waals surface area contributed by atoms with Gasteiger partial charge in [-0.1, -0.05) is 19.7 Å². The highest BCUT2D eigenvalue weighted by molar-refractivity contribution is 5.94. The van der Waals surface area contributed by atoms with Crippen LogP contribution in [0.3, 0.4) is 0 Å². The second-order valence-electron chi connectivity index (χ2n) is 8.05. The molecule has 10 nitrogen and oxygen atoms in total. The van der Waals surface area contributed by atoms with Crippen LogP contribution in [0.4, 0.5) is 0 Å². The number of hydrogen-bond donors (Lipinski definition) is 2. The van der Waals surface area contributed by atoms with E-state index in [4.69, 9.17) is 18.9 Å². The summed E-state index contributed by atoms with van der Waals surface area (Å²) < 4.78 is 21.3. The van der Waals surface area contributed by atoms with Crippen molar-refractivity contribution in [2.24, 2.45) is 5.92 Å². The van der Waals surface area contributed by atoms with Crippen LogP contribution in [0, 0.1) is 5.92 Å². The van der Waals surface area contributed by atoms with Crippen LogP contribution in [0.2, 0.25) is 0 Å². The molecule has 0 aromatic heterocycles. The number of carbonyl (C=O) groups excluding carboxylic acids is 4. The summed E-state index contributed by atoms with van der Waals surface area (Å²) in [7, 11) is 1.07. The van der Waals surface area contributed by atoms with Crippen LogP contribution in [0.15, 0.2) is 59.8 Å². The predicted octanol–water partition coefficient (Wildman–Crippen LogP) is 0.843. The molecular formula is C24H28O10. The third-order valence-corrected chi connectivity index (χ3v) is 5.26. The van der Waals surface area contributed by atoms with E-state index in [0.29, 0.717) is 0 Å². The lowest BCUT2D eigenvalue weighted by Crippen LogP contribution is -2.47. The maximum Gasteiger partial charge on any atom is 0.337 e. The standard InChI is InChI=1S/C24H28O10/c1-11(2)21(27)33-19-16(24(30)31-6)9-15(26)7-14(10-25)8-17-18(13(5)23(29)32-17)20(19)34-22(28)12(3)4/h8-9,15,17-20,25-26H,1,3,5,7,10H2,2,4,6H3/b14-8+,16-9+/t15-,17+,18+,19-,20?/m1/s1. The molecule has 2 aliphatic rings. The number of fused-ring (bicyclic) bond motifs is 1. The Bertz CT molecular complexity index is 986. The van der Waals surface area contributed by atoms with E-state index in [9.17, 15) is 29.4 Å². The lowest BCUT2D eigenvalue weighted by atomic mass is 9.83. The van der Waals surface area contributed by atoms with E-state index >= 15 is 0 Å². The van der Waals surface area contributed by atoms with Crippen LogP contribution in [0.5, 0.6) is 0 Å². The van der Waals surface area contributed by atoms with E-state index in [1.807, 2.05) is 0 Å². The van der Waals surface area contributed by atoms with Crippen molar-refractivity contribution in [2.75, 3.05) is 13.7 Å². The first kappa shape index (κ1) is 26.7. The summed E-state index contributed by atoms with van der Waals surface area (Å²) in [6, 6.07) is 0. The van der Waals surface area contributed by atoms with Gasteiger partial charge in [0.25, 0.3) is 0 Å². The first-order chi connectivity index (χ1) is 15.9. The third kappa shape index (κ3) is 5.89. The molecule has 1 fully saturated rings. The zero-order valence-electron chi connectivity index (χ0n) is 19.2. The van der Waals surface area contributed by atoms with Crippen LogP contribution >= 0.6 is 0 Å². The normalized spacial score (nSPS) is 29.9. The van der Waals surface area contributed by atoms with E-state index in [-0.39, 0.29) is 34.3 Å². The van der Waals surface area contributed by atoms with Crippen molar-refractivity contribution < 1.29 is 48.3 Å². The lowest BCUT2D eigenvalue weighted by molar-refractivity contribution is -0.166. The highest BCUT2D eigenvalue weighted by Gasteiger charge is 2.51. The molecule has 0 spiro atoms. The number of methoxy groups -OCH3 is 1. The highest BCUT2D eigenvalue weighted by atomic mass is 16.6. The number of esters is 4. The average Bonchev–Trinajstić information content (AvgIpc) is 3.05. The van der Waals surface area contributed by atoms with Crippen molar-refractivity contribution in [1.29, 1.82) is 0 Å². The van der Waals surface area contributed by atoms with E-state index in [1.54, 1.807) is 0 Å². The van der Waals surface area contributed by atoms with Gasteiger partial charge in [0.2, 0.25) is 0 Å². The van der Waals surface area contributed by atoms with Crippen LogP contribution in [0.25, 0.3) is 0 Å². The van der Waals surface area contributed by atoms with Crippen LogP contribution in [-0.4, -0.2) is 72.2 Å². The third-order valence-electron chi connectivity index (χ3n) is 5.26. The van der Waals surface area contributed by atoms with Gasteiger partial charge >= 0.3 is 23.9 Å². The zero-order valence-corrected chi connectivity index (χ0v) is 19.2. The van der Waals surface area contributed by atoms with Crippen LogP contribution in [-0.2, 0) is 38.1 Å². The molecule has 0 amide bonds. The maximum absolute atomic E-state index is 12.7. The van der Waals surface area contributed by atoms with Gasteiger partial charge in [0.15, 0.2) is 12.2 Å². The highest BCUT2D eigenvalue weighted by Crippen LogP contribution is 2.38. The Hall–Kier alpha value is -3.50. The van der Waals surface area contributed by atoms with Gasteiger partial charge in [-0.15, -0.1) is 0 Å². The van der Waals surface area contributed by atoms with Gasteiger partial charge in [-0.25, -0.2) is 19.2 Å². The Labute approximate surface area is 196 Å². The molecule has 34 heavy (non-hydrogen) atoms. The summed E-state index contributed by atoms with van der Waals surface area (Å²) in [4.78, 5) is 50.2. The predicted molar refractivity (Wildman–Crippen MR) is 118 cm³/mol. The average molecular weight is 476 g/mol. The second kappa shape index (κ2) is 11.1. The molecule has 184 valence electrons. The molecule has 1 unspecified atom stereocenters. The molecule has 5 atom stereocenters.